The lowest BCUT2D eigenvalue weighted by Crippen LogP contribution is -2.22. The van der Waals surface area contributed by atoms with Crippen molar-refractivity contribution in [2.45, 2.75) is 6.17 Å². The van der Waals surface area contributed by atoms with Crippen LogP contribution in [0.5, 0.6) is 0 Å². The number of rotatable bonds is 5. The molecule has 6 rings (SSSR count). The number of hydrogen-bond donors (Lipinski definition) is 0. The molecule has 5 nitrogen and oxygen atoms in total. The molecule has 0 bridgehead atoms. The zero-order chi connectivity index (χ0) is 22.0. The van der Waals surface area contributed by atoms with Gasteiger partial charge < -0.3 is 0 Å². The van der Waals surface area contributed by atoms with Gasteiger partial charge in [0.25, 0.3) is 0 Å². The van der Waals surface area contributed by atoms with Gasteiger partial charge in [-0.1, -0.05) is 84.9 Å². The second-order valence-corrected chi connectivity index (χ2v) is 7.90. The average molecular weight is 428 g/mol. The third kappa shape index (κ3) is 3.70. The molecule has 0 amide bonds. The summed E-state index contributed by atoms with van der Waals surface area (Å²) in [5.41, 5.74) is 5.80. The molecule has 0 saturated carbocycles. The SMILES string of the molecule is c1ccc(-c2ccn(C(c3ccc4ccccc4n3)n3ccc(-c4ccccc4)n3)n2)cc1. The number of pyridine rings is 1. The van der Waals surface area contributed by atoms with Gasteiger partial charge in [0.05, 0.1) is 22.6 Å². The van der Waals surface area contributed by atoms with Crippen LogP contribution < -0.4 is 0 Å². The van der Waals surface area contributed by atoms with Crippen LogP contribution in [0.25, 0.3) is 33.4 Å². The van der Waals surface area contributed by atoms with E-state index < -0.39 is 0 Å². The Kier molecular flexibility index (Phi) is 4.77. The van der Waals surface area contributed by atoms with Crippen LogP contribution in [0.2, 0.25) is 0 Å². The second kappa shape index (κ2) is 8.20. The molecule has 5 heteroatoms. The van der Waals surface area contributed by atoms with Crippen molar-refractivity contribution in [3.8, 4) is 22.5 Å². The lowest BCUT2D eigenvalue weighted by Gasteiger charge is -2.18. The first-order valence-electron chi connectivity index (χ1n) is 10.9. The minimum atomic E-state index is -0.315. The van der Waals surface area contributed by atoms with E-state index in [9.17, 15) is 0 Å². The molecule has 0 atom stereocenters. The lowest BCUT2D eigenvalue weighted by molar-refractivity contribution is 0.412. The third-order valence-electron chi connectivity index (χ3n) is 5.74. The maximum absolute atomic E-state index is 4.97. The molecule has 0 spiro atoms. The first kappa shape index (κ1) is 19.2. The van der Waals surface area contributed by atoms with Crippen molar-refractivity contribution < 1.29 is 0 Å². The Hall–Kier alpha value is -4.51. The predicted molar refractivity (Wildman–Crippen MR) is 131 cm³/mol. The van der Waals surface area contributed by atoms with Crippen molar-refractivity contribution in [1.82, 2.24) is 24.5 Å². The Morgan fingerprint density at radius 2 is 1.06 bits per heavy atom. The Balaban J connectivity index is 1.47. The van der Waals surface area contributed by atoms with Crippen LogP contribution in [0.4, 0.5) is 0 Å². The quantitative estimate of drug-likeness (QED) is 0.336. The van der Waals surface area contributed by atoms with E-state index in [1.165, 1.54) is 0 Å². The number of hydrogen-bond acceptors (Lipinski definition) is 3. The third-order valence-corrected chi connectivity index (χ3v) is 5.74. The Morgan fingerprint density at radius 1 is 0.515 bits per heavy atom. The van der Waals surface area contributed by atoms with Gasteiger partial charge >= 0.3 is 0 Å². The summed E-state index contributed by atoms with van der Waals surface area (Å²) in [7, 11) is 0. The summed E-state index contributed by atoms with van der Waals surface area (Å²) in [5, 5.41) is 10.9. The van der Waals surface area contributed by atoms with Gasteiger partial charge in [0.15, 0.2) is 6.17 Å². The largest absolute Gasteiger partial charge is 0.248 e. The molecule has 3 aromatic heterocycles. The molecule has 0 unspecified atom stereocenters. The Bertz CT molecular complexity index is 1440. The van der Waals surface area contributed by atoms with Gasteiger partial charge in [0.2, 0.25) is 0 Å². The molecule has 3 aromatic carbocycles. The zero-order valence-corrected chi connectivity index (χ0v) is 17.9. The maximum atomic E-state index is 4.97. The van der Waals surface area contributed by atoms with Crippen LogP contribution in [0, 0.1) is 0 Å². The van der Waals surface area contributed by atoms with Gasteiger partial charge in [-0.2, -0.15) is 10.2 Å². The van der Waals surface area contributed by atoms with E-state index in [2.05, 4.69) is 42.5 Å². The standard InChI is InChI=1S/C28H21N5/c1-3-9-21(10-4-1)25-17-19-32(30-25)28(27-16-15-23-13-7-8-14-24(23)29-27)33-20-18-26(31-33)22-11-5-2-6-12-22/h1-20,28H. The van der Waals surface area contributed by atoms with Crippen molar-refractivity contribution in [2.24, 2.45) is 0 Å². The Morgan fingerprint density at radius 3 is 1.67 bits per heavy atom. The van der Waals surface area contributed by atoms with E-state index in [-0.39, 0.29) is 6.17 Å². The molecule has 0 fully saturated rings. The first-order valence-corrected chi connectivity index (χ1v) is 10.9. The second-order valence-electron chi connectivity index (χ2n) is 7.90. The van der Waals surface area contributed by atoms with Crippen LogP contribution in [-0.2, 0) is 0 Å². The summed E-state index contributed by atoms with van der Waals surface area (Å²) in [5.74, 6) is 0. The molecule has 0 aliphatic rings. The first-order chi connectivity index (χ1) is 16.3. The highest BCUT2D eigenvalue weighted by Crippen LogP contribution is 2.26. The zero-order valence-electron chi connectivity index (χ0n) is 17.9. The molecule has 6 aromatic rings. The summed E-state index contributed by atoms with van der Waals surface area (Å²) < 4.78 is 3.86. The summed E-state index contributed by atoms with van der Waals surface area (Å²) in [6.45, 7) is 0. The average Bonchev–Trinajstić information content (AvgIpc) is 3.56. The van der Waals surface area contributed by atoms with Gasteiger partial charge in [-0.15, -0.1) is 0 Å². The number of fused-ring (bicyclic) bond motifs is 1. The summed E-state index contributed by atoms with van der Waals surface area (Å²) >= 11 is 0. The fourth-order valence-corrected chi connectivity index (χ4v) is 4.09. The summed E-state index contributed by atoms with van der Waals surface area (Å²) in [6, 6.07) is 36.8. The highest BCUT2D eigenvalue weighted by atomic mass is 15.4. The fourth-order valence-electron chi connectivity index (χ4n) is 4.09. The molecule has 3 heterocycles. The number of nitrogens with zero attached hydrogens (tertiary/aromatic N) is 5. The van der Waals surface area contributed by atoms with E-state index in [4.69, 9.17) is 15.2 Å². The predicted octanol–water partition coefficient (Wildman–Crippen LogP) is 6.06. The van der Waals surface area contributed by atoms with Gasteiger partial charge in [-0.3, -0.25) is 0 Å². The van der Waals surface area contributed by atoms with Crippen LogP contribution in [0.15, 0.2) is 122 Å². The normalized spacial score (nSPS) is 11.3. The maximum Gasteiger partial charge on any atom is 0.185 e. The van der Waals surface area contributed by atoms with Crippen LogP contribution in [0.1, 0.15) is 11.9 Å². The number of benzene rings is 3. The van der Waals surface area contributed by atoms with E-state index in [0.717, 1.165) is 39.1 Å². The topological polar surface area (TPSA) is 48.5 Å². The van der Waals surface area contributed by atoms with Gasteiger partial charge in [-0.25, -0.2) is 14.3 Å². The van der Waals surface area contributed by atoms with E-state index in [0.29, 0.717) is 0 Å². The Labute approximate surface area is 191 Å². The van der Waals surface area contributed by atoms with Gasteiger partial charge in [0, 0.05) is 28.9 Å². The fraction of sp³-hybridized carbons (Fsp3) is 0.0357. The van der Waals surface area contributed by atoms with E-state index >= 15 is 0 Å². The molecule has 33 heavy (non-hydrogen) atoms. The molecule has 0 aliphatic heterocycles. The van der Waals surface area contributed by atoms with Crippen LogP contribution >= 0.6 is 0 Å². The lowest BCUT2D eigenvalue weighted by atomic mass is 10.2. The molecule has 158 valence electrons. The van der Waals surface area contributed by atoms with Crippen molar-refractivity contribution in [3.63, 3.8) is 0 Å². The summed E-state index contributed by atoms with van der Waals surface area (Å²) in [4.78, 5) is 4.97. The van der Waals surface area contributed by atoms with Gasteiger partial charge in [-0.05, 0) is 24.3 Å². The number of para-hydroxylation sites is 1. The molecular weight excluding hydrogens is 406 g/mol. The van der Waals surface area contributed by atoms with Crippen molar-refractivity contribution in [1.29, 1.82) is 0 Å². The molecule has 0 aliphatic carbocycles. The highest BCUT2D eigenvalue weighted by Gasteiger charge is 2.21. The monoisotopic (exact) mass is 427 g/mol. The highest BCUT2D eigenvalue weighted by molar-refractivity contribution is 5.78. The van der Waals surface area contributed by atoms with Crippen molar-refractivity contribution in [2.75, 3.05) is 0 Å². The molecule has 0 saturated heterocycles. The van der Waals surface area contributed by atoms with Gasteiger partial charge in [0.1, 0.15) is 0 Å². The molecule has 0 N–H and O–H groups in total. The number of aromatic nitrogens is 5. The van der Waals surface area contributed by atoms with E-state index in [1.807, 2.05) is 88.5 Å². The minimum absolute atomic E-state index is 0.315. The summed E-state index contributed by atoms with van der Waals surface area (Å²) in [6.07, 6.45) is 3.67. The van der Waals surface area contributed by atoms with Crippen LogP contribution in [-0.4, -0.2) is 24.5 Å². The van der Waals surface area contributed by atoms with E-state index in [1.54, 1.807) is 0 Å². The van der Waals surface area contributed by atoms with Crippen LogP contribution in [0.3, 0.4) is 0 Å². The molecule has 0 radical (unpaired) electrons. The smallest absolute Gasteiger partial charge is 0.185 e. The van der Waals surface area contributed by atoms with Crippen molar-refractivity contribution in [3.05, 3.63) is 127 Å². The molecular formula is C28H21N5. The minimum Gasteiger partial charge on any atom is -0.248 e. The van der Waals surface area contributed by atoms with Crippen molar-refractivity contribution >= 4 is 10.9 Å².